The maximum Gasteiger partial charge on any atom is 0.255 e. The SMILES string of the molecule is CS(=O)(=O)c1cccc(-c2ccc(NC(=O)c3ccccc3)c3c2CCC3=O)c1. The number of sulfone groups is 1. The van der Waals surface area contributed by atoms with E-state index >= 15 is 0 Å². The van der Waals surface area contributed by atoms with E-state index in [1.54, 1.807) is 48.5 Å². The van der Waals surface area contributed by atoms with Crippen molar-refractivity contribution in [1.82, 2.24) is 0 Å². The van der Waals surface area contributed by atoms with Gasteiger partial charge in [0.05, 0.1) is 10.6 Å². The number of amides is 1. The number of hydrogen-bond donors (Lipinski definition) is 1. The lowest BCUT2D eigenvalue weighted by Crippen LogP contribution is -2.14. The Morgan fingerprint density at radius 2 is 1.69 bits per heavy atom. The highest BCUT2D eigenvalue weighted by atomic mass is 32.2. The molecule has 29 heavy (non-hydrogen) atoms. The second-order valence-corrected chi connectivity index (χ2v) is 9.07. The van der Waals surface area contributed by atoms with E-state index in [9.17, 15) is 18.0 Å². The van der Waals surface area contributed by atoms with Crippen LogP contribution in [0.1, 0.15) is 32.7 Å². The predicted octanol–water partition coefficient (Wildman–Crippen LogP) is 4.14. The minimum absolute atomic E-state index is 0.0236. The molecule has 0 saturated heterocycles. The van der Waals surface area contributed by atoms with Gasteiger partial charge in [-0.1, -0.05) is 36.4 Å². The Balaban J connectivity index is 1.77. The Morgan fingerprint density at radius 1 is 0.931 bits per heavy atom. The topological polar surface area (TPSA) is 80.3 Å². The smallest absolute Gasteiger partial charge is 0.255 e. The molecule has 0 unspecified atom stereocenters. The van der Waals surface area contributed by atoms with Gasteiger partial charge >= 0.3 is 0 Å². The molecule has 146 valence electrons. The van der Waals surface area contributed by atoms with Crippen LogP contribution in [0.25, 0.3) is 11.1 Å². The van der Waals surface area contributed by atoms with Crippen LogP contribution in [-0.2, 0) is 16.3 Å². The summed E-state index contributed by atoms with van der Waals surface area (Å²) in [5.74, 6) is -0.302. The van der Waals surface area contributed by atoms with Gasteiger partial charge in [0.25, 0.3) is 5.91 Å². The molecular formula is C23H19NO4S. The fourth-order valence-corrected chi connectivity index (χ4v) is 4.31. The van der Waals surface area contributed by atoms with E-state index in [4.69, 9.17) is 0 Å². The van der Waals surface area contributed by atoms with E-state index in [2.05, 4.69) is 5.32 Å². The van der Waals surface area contributed by atoms with Crippen molar-refractivity contribution in [1.29, 1.82) is 0 Å². The number of fused-ring (bicyclic) bond motifs is 1. The third-order valence-electron chi connectivity index (χ3n) is 5.05. The molecule has 1 N–H and O–H groups in total. The summed E-state index contributed by atoms with van der Waals surface area (Å²) < 4.78 is 23.8. The van der Waals surface area contributed by atoms with Crippen molar-refractivity contribution in [3.05, 3.63) is 83.4 Å². The first kappa shape index (κ1) is 19.1. The van der Waals surface area contributed by atoms with Gasteiger partial charge in [-0.15, -0.1) is 0 Å². The number of benzene rings is 3. The maximum absolute atomic E-state index is 12.6. The number of nitrogens with one attached hydrogen (secondary N) is 1. The lowest BCUT2D eigenvalue weighted by molar-refractivity contribution is 0.0995. The summed E-state index contributed by atoms with van der Waals surface area (Å²) in [4.78, 5) is 25.3. The molecule has 4 rings (SSSR count). The minimum Gasteiger partial charge on any atom is -0.321 e. The lowest BCUT2D eigenvalue weighted by Gasteiger charge is -2.14. The summed E-state index contributed by atoms with van der Waals surface area (Å²) in [6, 6.07) is 19.1. The Bertz CT molecular complexity index is 1230. The van der Waals surface area contributed by atoms with Crippen LogP contribution in [0.4, 0.5) is 5.69 Å². The number of carbonyl (C=O) groups excluding carboxylic acids is 2. The van der Waals surface area contributed by atoms with Gasteiger partial charge in [0.1, 0.15) is 0 Å². The molecular weight excluding hydrogens is 386 g/mol. The molecule has 0 aromatic heterocycles. The zero-order chi connectivity index (χ0) is 20.6. The molecule has 5 nitrogen and oxygen atoms in total. The second-order valence-electron chi connectivity index (χ2n) is 7.06. The maximum atomic E-state index is 12.6. The normalized spacial score (nSPS) is 13.2. The van der Waals surface area contributed by atoms with Crippen molar-refractivity contribution < 1.29 is 18.0 Å². The number of Topliss-reactive ketones (excluding diaryl/α,β-unsaturated/α-hetero) is 1. The van der Waals surface area contributed by atoms with E-state index in [1.165, 1.54) is 6.26 Å². The summed E-state index contributed by atoms with van der Waals surface area (Å²) in [7, 11) is -3.34. The highest BCUT2D eigenvalue weighted by Gasteiger charge is 2.27. The van der Waals surface area contributed by atoms with Crippen molar-refractivity contribution in [3.8, 4) is 11.1 Å². The van der Waals surface area contributed by atoms with Gasteiger partial charge < -0.3 is 5.32 Å². The summed E-state index contributed by atoms with van der Waals surface area (Å²) >= 11 is 0. The molecule has 0 bridgehead atoms. The number of ketones is 1. The molecule has 0 radical (unpaired) electrons. The molecule has 0 atom stereocenters. The number of rotatable bonds is 4. The van der Waals surface area contributed by atoms with Crippen LogP contribution >= 0.6 is 0 Å². The molecule has 3 aromatic carbocycles. The third-order valence-corrected chi connectivity index (χ3v) is 6.16. The van der Waals surface area contributed by atoms with Crippen molar-refractivity contribution in [2.75, 3.05) is 11.6 Å². The standard InChI is InChI=1S/C23H19NO4S/c1-29(27,28)17-9-5-8-16(14-17)18-10-12-20(22-19(18)11-13-21(22)25)24-23(26)15-6-3-2-4-7-15/h2-10,12,14H,11,13H2,1H3,(H,24,26). The van der Waals surface area contributed by atoms with Gasteiger partial charge in [-0.2, -0.15) is 0 Å². The van der Waals surface area contributed by atoms with E-state index in [0.29, 0.717) is 29.7 Å². The summed E-state index contributed by atoms with van der Waals surface area (Å²) in [6.45, 7) is 0. The van der Waals surface area contributed by atoms with Crippen molar-refractivity contribution in [2.45, 2.75) is 17.7 Å². The Labute approximate surface area is 169 Å². The van der Waals surface area contributed by atoms with Gasteiger partial charge in [-0.3, -0.25) is 9.59 Å². The van der Waals surface area contributed by atoms with Crippen LogP contribution < -0.4 is 5.32 Å². The molecule has 0 heterocycles. The van der Waals surface area contributed by atoms with Crippen molar-refractivity contribution >= 4 is 27.2 Å². The van der Waals surface area contributed by atoms with Crippen LogP contribution in [0.15, 0.2) is 71.6 Å². The highest BCUT2D eigenvalue weighted by molar-refractivity contribution is 7.90. The molecule has 0 spiro atoms. The molecule has 1 aliphatic carbocycles. The van der Waals surface area contributed by atoms with Gasteiger partial charge in [0.2, 0.25) is 0 Å². The average molecular weight is 405 g/mol. The van der Waals surface area contributed by atoms with E-state index < -0.39 is 9.84 Å². The Hall–Kier alpha value is -3.25. The largest absolute Gasteiger partial charge is 0.321 e. The number of carbonyl (C=O) groups is 2. The molecule has 0 saturated carbocycles. The molecule has 3 aromatic rings. The van der Waals surface area contributed by atoms with E-state index in [-0.39, 0.29) is 16.6 Å². The van der Waals surface area contributed by atoms with Gasteiger partial charge in [-0.05, 0) is 53.4 Å². The fourth-order valence-electron chi connectivity index (χ4n) is 3.64. The van der Waals surface area contributed by atoms with E-state index in [1.807, 2.05) is 18.2 Å². The van der Waals surface area contributed by atoms with Crippen molar-refractivity contribution in [3.63, 3.8) is 0 Å². The molecule has 6 heteroatoms. The summed E-state index contributed by atoms with van der Waals surface area (Å²) in [6.07, 6.45) is 2.09. The zero-order valence-corrected chi connectivity index (χ0v) is 16.6. The second kappa shape index (κ2) is 7.29. The first-order chi connectivity index (χ1) is 13.8. The molecule has 1 amide bonds. The zero-order valence-electron chi connectivity index (χ0n) is 15.8. The van der Waals surface area contributed by atoms with Gasteiger partial charge in [-0.25, -0.2) is 8.42 Å². The van der Waals surface area contributed by atoms with Crippen LogP contribution in [0.2, 0.25) is 0 Å². The Kier molecular flexibility index (Phi) is 4.80. The monoisotopic (exact) mass is 405 g/mol. The predicted molar refractivity (Wildman–Crippen MR) is 112 cm³/mol. The van der Waals surface area contributed by atoms with Crippen LogP contribution in [-0.4, -0.2) is 26.4 Å². The molecule has 0 aliphatic heterocycles. The highest BCUT2D eigenvalue weighted by Crippen LogP contribution is 2.37. The van der Waals surface area contributed by atoms with Gasteiger partial charge in [0.15, 0.2) is 15.6 Å². The van der Waals surface area contributed by atoms with Gasteiger partial charge in [0, 0.05) is 23.8 Å². The summed E-state index contributed by atoms with van der Waals surface area (Å²) in [5, 5.41) is 2.85. The quantitative estimate of drug-likeness (QED) is 0.707. The van der Waals surface area contributed by atoms with E-state index in [0.717, 1.165) is 16.7 Å². The molecule has 1 aliphatic rings. The van der Waals surface area contributed by atoms with Crippen LogP contribution in [0.5, 0.6) is 0 Å². The van der Waals surface area contributed by atoms with Crippen LogP contribution in [0.3, 0.4) is 0 Å². The number of anilines is 1. The first-order valence-electron chi connectivity index (χ1n) is 9.20. The summed E-state index contributed by atoms with van der Waals surface area (Å²) in [5.41, 5.74) is 3.90. The molecule has 0 fully saturated rings. The third kappa shape index (κ3) is 3.71. The van der Waals surface area contributed by atoms with Crippen LogP contribution in [0, 0.1) is 0 Å². The average Bonchev–Trinajstić information content (AvgIpc) is 3.10. The Morgan fingerprint density at radius 3 is 2.41 bits per heavy atom. The number of hydrogen-bond acceptors (Lipinski definition) is 4. The first-order valence-corrected chi connectivity index (χ1v) is 11.1. The lowest BCUT2D eigenvalue weighted by atomic mass is 9.95. The van der Waals surface area contributed by atoms with Crippen molar-refractivity contribution in [2.24, 2.45) is 0 Å². The minimum atomic E-state index is -3.34. The fraction of sp³-hybridized carbons (Fsp3) is 0.130.